The van der Waals surface area contributed by atoms with Crippen molar-refractivity contribution in [1.82, 2.24) is 9.55 Å². The number of nitrogens with one attached hydrogen (secondary N) is 1. The molecule has 1 heterocycles. The van der Waals surface area contributed by atoms with Crippen LogP contribution in [0.2, 0.25) is 5.02 Å². The molecule has 0 radical (unpaired) electrons. The summed E-state index contributed by atoms with van der Waals surface area (Å²) in [6, 6.07) is 12.6. The first-order valence-corrected chi connectivity index (χ1v) is 10.6. The molecule has 1 aromatic heterocycles. The van der Waals surface area contributed by atoms with Gasteiger partial charge in [-0.1, -0.05) is 29.4 Å². The smallest absolute Gasteiger partial charge is 0.262 e. The van der Waals surface area contributed by atoms with E-state index in [0.29, 0.717) is 33.3 Å². The molecule has 156 valence electrons. The first-order chi connectivity index (χ1) is 14.3. The molecule has 0 aliphatic heterocycles. The van der Waals surface area contributed by atoms with Gasteiger partial charge in [0.1, 0.15) is 0 Å². The second-order valence-electron chi connectivity index (χ2n) is 6.95. The Hall–Kier alpha value is -2.77. The van der Waals surface area contributed by atoms with Gasteiger partial charge in [-0.25, -0.2) is 4.98 Å². The van der Waals surface area contributed by atoms with Crippen molar-refractivity contribution in [2.75, 3.05) is 24.3 Å². The predicted octanol–water partition coefficient (Wildman–Crippen LogP) is 4.42. The normalized spacial score (nSPS) is 11.9. The summed E-state index contributed by atoms with van der Waals surface area (Å²) in [4.78, 5) is 32.2. The zero-order valence-electron chi connectivity index (χ0n) is 17.1. The van der Waals surface area contributed by atoms with Crippen LogP contribution in [-0.4, -0.2) is 34.8 Å². The Kier molecular flexibility index (Phi) is 6.84. The van der Waals surface area contributed by atoms with Crippen LogP contribution in [0, 0.1) is 0 Å². The summed E-state index contributed by atoms with van der Waals surface area (Å²) in [6.45, 7) is 5.80. The molecule has 0 saturated heterocycles. The zero-order chi connectivity index (χ0) is 21.8. The fourth-order valence-electron chi connectivity index (χ4n) is 2.85. The highest BCUT2D eigenvalue weighted by atomic mass is 35.5. The van der Waals surface area contributed by atoms with Crippen molar-refractivity contribution in [2.45, 2.75) is 23.9 Å². The minimum atomic E-state index is -0.474. The number of fused-ring (bicyclic) bond motifs is 1. The molecular formula is C22H23ClN4O2S. The molecule has 0 aliphatic carbocycles. The third-order valence-corrected chi connectivity index (χ3v) is 5.82. The molecule has 1 atom stereocenters. The molecule has 0 saturated carbocycles. The summed E-state index contributed by atoms with van der Waals surface area (Å²) in [5, 5.41) is 3.85. The number of allylic oxidation sites excluding steroid dienone is 1. The van der Waals surface area contributed by atoms with E-state index in [1.54, 1.807) is 31.2 Å². The number of nitrogens with zero attached hydrogens (tertiary/aromatic N) is 3. The first kappa shape index (κ1) is 21.9. The van der Waals surface area contributed by atoms with Crippen LogP contribution in [0.4, 0.5) is 11.4 Å². The summed E-state index contributed by atoms with van der Waals surface area (Å²) in [6.07, 6.45) is 1.63. The highest BCUT2D eigenvalue weighted by Gasteiger charge is 2.19. The zero-order valence-corrected chi connectivity index (χ0v) is 18.6. The van der Waals surface area contributed by atoms with Gasteiger partial charge in [0.25, 0.3) is 5.56 Å². The minimum Gasteiger partial charge on any atom is -0.378 e. The molecule has 0 spiro atoms. The minimum absolute atomic E-state index is 0.178. The van der Waals surface area contributed by atoms with Gasteiger partial charge in [0, 0.05) is 37.0 Å². The Morgan fingerprint density at radius 1 is 1.30 bits per heavy atom. The lowest BCUT2D eigenvalue weighted by molar-refractivity contribution is -0.115. The van der Waals surface area contributed by atoms with Crippen LogP contribution in [0.25, 0.3) is 10.9 Å². The number of benzene rings is 2. The summed E-state index contributed by atoms with van der Waals surface area (Å²) in [5.74, 6) is -0.178. The summed E-state index contributed by atoms with van der Waals surface area (Å²) < 4.78 is 1.52. The Balaban J connectivity index is 1.84. The van der Waals surface area contributed by atoms with E-state index in [4.69, 9.17) is 11.6 Å². The van der Waals surface area contributed by atoms with Crippen LogP contribution >= 0.6 is 23.4 Å². The fraction of sp³-hybridized carbons (Fsp3) is 0.227. The van der Waals surface area contributed by atoms with Crippen LogP contribution in [0.1, 0.15) is 6.92 Å². The van der Waals surface area contributed by atoms with Crippen LogP contribution in [0.3, 0.4) is 0 Å². The van der Waals surface area contributed by atoms with Crippen molar-refractivity contribution in [3.8, 4) is 0 Å². The number of carbonyl (C=O) groups excluding carboxylic acids is 1. The van der Waals surface area contributed by atoms with Gasteiger partial charge in [-0.3, -0.25) is 14.2 Å². The number of aromatic nitrogens is 2. The number of carbonyl (C=O) groups is 1. The maximum atomic E-state index is 12.9. The molecule has 1 N–H and O–H groups in total. The van der Waals surface area contributed by atoms with E-state index in [9.17, 15) is 9.59 Å². The Bertz CT molecular complexity index is 1140. The van der Waals surface area contributed by atoms with Gasteiger partial charge < -0.3 is 10.2 Å². The largest absolute Gasteiger partial charge is 0.378 e. The molecule has 6 nitrogen and oxygen atoms in total. The van der Waals surface area contributed by atoms with Gasteiger partial charge in [-0.2, -0.15) is 0 Å². The van der Waals surface area contributed by atoms with Crippen molar-refractivity contribution in [3.05, 3.63) is 70.5 Å². The highest BCUT2D eigenvalue weighted by Crippen LogP contribution is 2.25. The van der Waals surface area contributed by atoms with E-state index in [-0.39, 0.29) is 11.5 Å². The highest BCUT2D eigenvalue weighted by molar-refractivity contribution is 8.00. The third kappa shape index (κ3) is 4.86. The Labute approximate surface area is 184 Å². The fourth-order valence-corrected chi connectivity index (χ4v) is 3.94. The van der Waals surface area contributed by atoms with Gasteiger partial charge in [-0.15, -0.1) is 6.58 Å². The molecule has 1 amide bonds. The average Bonchev–Trinajstić information content (AvgIpc) is 2.71. The van der Waals surface area contributed by atoms with E-state index >= 15 is 0 Å². The molecule has 30 heavy (non-hydrogen) atoms. The molecule has 3 aromatic rings. The predicted molar refractivity (Wildman–Crippen MR) is 126 cm³/mol. The van der Waals surface area contributed by atoms with E-state index < -0.39 is 5.25 Å². The van der Waals surface area contributed by atoms with E-state index in [0.717, 1.165) is 5.69 Å². The molecule has 2 aromatic carbocycles. The van der Waals surface area contributed by atoms with Gasteiger partial charge in [0.15, 0.2) is 5.16 Å². The molecule has 0 fully saturated rings. The first-order valence-electron chi connectivity index (χ1n) is 9.36. The van der Waals surface area contributed by atoms with Crippen molar-refractivity contribution < 1.29 is 4.79 Å². The van der Waals surface area contributed by atoms with Gasteiger partial charge in [0.2, 0.25) is 5.91 Å². The van der Waals surface area contributed by atoms with Crippen molar-refractivity contribution in [3.63, 3.8) is 0 Å². The van der Waals surface area contributed by atoms with Crippen LogP contribution < -0.4 is 15.8 Å². The number of anilines is 2. The van der Waals surface area contributed by atoms with Gasteiger partial charge in [-0.05, 0) is 49.4 Å². The third-order valence-electron chi connectivity index (χ3n) is 4.50. The lowest BCUT2D eigenvalue weighted by Gasteiger charge is -2.16. The lowest BCUT2D eigenvalue weighted by Crippen LogP contribution is -2.26. The quantitative estimate of drug-likeness (QED) is 0.333. The average molecular weight is 443 g/mol. The number of thioether (sulfide) groups is 1. The van der Waals surface area contributed by atoms with Crippen LogP contribution in [-0.2, 0) is 11.3 Å². The second-order valence-corrected chi connectivity index (χ2v) is 8.70. The van der Waals surface area contributed by atoms with Crippen LogP contribution in [0.5, 0.6) is 0 Å². The Morgan fingerprint density at radius 2 is 2.00 bits per heavy atom. The molecule has 0 bridgehead atoms. The van der Waals surface area contributed by atoms with E-state index in [2.05, 4.69) is 16.9 Å². The van der Waals surface area contributed by atoms with Crippen molar-refractivity contribution >= 4 is 51.5 Å². The number of hydrogen-bond donors (Lipinski definition) is 1. The molecule has 3 rings (SSSR count). The number of rotatable bonds is 7. The van der Waals surface area contributed by atoms with Gasteiger partial charge in [0.05, 0.1) is 16.2 Å². The SMILES string of the molecule is C=CCn1c(SC(C)C(=O)Nc2ccc(N(C)C)cc2)nc2cc(Cl)ccc2c1=O. The number of halogens is 1. The molecular weight excluding hydrogens is 420 g/mol. The lowest BCUT2D eigenvalue weighted by atomic mass is 10.2. The molecule has 8 heteroatoms. The molecule has 1 unspecified atom stereocenters. The van der Waals surface area contributed by atoms with E-state index in [1.165, 1.54) is 16.3 Å². The van der Waals surface area contributed by atoms with Crippen LogP contribution in [0.15, 0.2) is 65.1 Å². The van der Waals surface area contributed by atoms with E-state index in [1.807, 2.05) is 43.3 Å². The topological polar surface area (TPSA) is 67.2 Å². The monoisotopic (exact) mass is 442 g/mol. The Morgan fingerprint density at radius 3 is 2.63 bits per heavy atom. The standard InChI is InChI=1S/C22H23ClN4O2S/c1-5-12-27-21(29)18-11-6-15(23)13-19(18)25-22(27)30-14(2)20(28)24-16-7-9-17(10-8-16)26(3)4/h5-11,13-14H,1,12H2,2-4H3,(H,24,28). The molecule has 0 aliphatic rings. The number of amides is 1. The summed E-state index contributed by atoms with van der Waals surface area (Å²) in [5.41, 5.74) is 2.07. The van der Waals surface area contributed by atoms with Crippen molar-refractivity contribution in [2.24, 2.45) is 0 Å². The maximum Gasteiger partial charge on any atom is 0.262 e. The summed E-state index contributed by atoms with van der Waals surface area (Å²) in [7, 11) is 3.91. The van der Waals surface area contributed by atoms with Gasteiger partial charge >= 0.3 is 0 Å². The summed E-state index contributed by atoms with van der Waals surface area (Å²) >= 11 is 7.28. The van der Waals surface area contributed by atoms with Crippen molar-refractivity contribution in [1.29, 1.82) is 0 Å². The maximum absolute atomic E-state index is 12.9. The second kappa shape index (κ2) is 9.36. The number of hydrogen-bond acceptors (Lipinski definition) is 5.